The Hall–Kier alpha value is -0.110. The standard InChI is InChI=1S/C10H20FN/c1-9(2)8(10(9,3)4)7-12-6-5-11/h8,12H,5-7H2,1-4H3. The molecule has 0 amide bonds. The van der Waals surface area contributed by atoms with Crippen LogP contribution in [-0.4, -0.2) is 19.8 Å². The molecule has 1 N–H and O–H groups in total. The molecule has 0 aromatic rings. The highest BCUT2D eigenvalue weighted by Crippen LogP contribution is 2.67. The van der Waals surface area contributed by atoms with E-state index in [0.29, 0.717) is 23.3 Å². The fourth-order valence-electron chi connectivity index (χ4n) is 2.16. The second kappa shape index (κ2) is 2.99. The lowest BCUT2D eigenvalue weighted by molar-refractivity contribution is 0.447. The van der Waals surface area contributed by atoms with Crippen LogP contribution in [-0.2, 0) is 0 Å². The summed E-state index contributed by atoms with van der Waals surface area (Å²) in [6.07, 6.45) is 0. The van der Waals surface area contributed by atoms with Gasteiger partial charge >= 0.3 is 0 Å². The Balaban J connectivity index is 2.29. The largest absolute Gasteiger partial charge is 0.314 e. The molecule has 0 unspecified atom stereocenters. The van der Waals surface area contributed by atoms with Crippen LogP contribution in [0.2, 0.25) is 0 Å². The minimum absolute atomic E-state index is 0.256. The Kier molecular flexibility index (Phi) is 2.48. The summed E-state index contributed by atoms with van der Waals surface area (Å²) < 4.78 is 11.8. The summed E-state index contributed by atoms with van der Waals surface area (Å²) in [5.41, 5.74) is 0.854. The Bertz CT molecular complexity index is 149. The van der Waals surface area contributed by atoms with Gasteiger partial charge in [-0.1, -0.05) is 27.7 Å². The zero-order valence-electron chi connectivity index (χ0n) is 8.58. The third kappa shape index (κ3) is 1.37. The Morgan fingerprint density at radius 3 is 2.00 bits per heavy atom. The lowest BCUT2D eigenvalue weighted by Gasteiger charge is -2.04. The van der Waals surface area contributed by atoms with Crippen molar-refractivity contribution in [1.29, 1.82) is 0 Å². The molecule has 0 spiro atoms. The molecule has 0 aromatic heterocycles. The van der Waals surface area contributed by atoms with Crippen molar-refractivity contribution in [3.8, 4) is 0 Å². The number of nitrogens with one attached hydrogen (secondary N) is 1. The van der Waals surface area contributed by atoms with Gasteiger partial charge in [0.15, 0.2) is 0 Å². The molecule has 1 aliphatic rings. The molecule has 1 rings (SSSR count). The fourth-order valence-corrected chi connectivity index (χ4v) is 2.16. The Morgan fingerprint density at radius 1 is 1.17 bits per heavy atom. The smallest absolute Gasteiger partial charge is 0.102 e. The quantitative estimate of drug-likeness (QED) is 0.643. The van der Waals surface area contributed by atoms with Gasteiger partial charge in [0.25, 0.3) is 0 Å². The van der Waals surface area contributed by atoms with Gasteiger partial charge in [-0.05, 0) is 23.3 Å². The number of alkyl halides is 1. The van der Waals surface area contributed by atoms with E-state index in [1.54, 1.807) is 0 Å². The second-order valence-corrected chi connectivity index (χ2v) is 4.89. The van der Waals surface area contributed by atoms with Crippen LogP contribution in [0.1, 0.15) is 27.7 Å². The fraction of sp³-hybridized carbons (Fsp3) is 1.00. The average Bonchev–Trinajstić information content (AvgIpc) is 2.32. The van der Waals surface area contributed by atoms with E-state index in [9.17, 15) is 4.39 Å². The zero-order valence-corrected chi connectivity index (χ0v) is 8.58. The third-order valence-electron chi connectivity index (χ3n) is 3.94. The third-order valence-corrected chi connectivity index (χ3v) is 3.94. The van der Waals surface area contributed by atoms with Crippen LogP contribution < -0.4 is 5.32 Å². The normalized spacial score (nSPS) is 25.8. The van der Waals surface area contributed by atoms with E-state index in [0.717, 1.165) is 6.54 Å². The van der Waals surface area contributed by atoms with Gasteiger partial charge in [-0.25, -0.2) is 4.39 Å². The maximum Gasteiger partial charge on any atom is 0.102 e. The van der Waals surface area contributed by atoms with E-state index in [1.165, 1.54) is 0 Å². The van der Waals surface area contributed by atoms with Gasteiger partial charge in [0.05, 0.1) is 0 Å². The first kappa shape index (κ1) is 9.97. The van der Waals surface area contributed by atoms with E-state index in [-0.39, 0.29) is 6.67 Å². The zero-order chi connectivity index (χ0) is 9.41. The predicted octanol–water partition coefficient (Wildman–Crippen LogP) is 2.23. The van der Waals surface area contributed by atoms with Crippen molar-refractivity contribution in [3.05, 3.63) is 0 Å². The van der Waals surface area contributed by atoms with Crippen LogP contribution in [0.4, 0.5) is 4.39 Å². The van der Waals surface area contributed by atoms with Crippen molar-refractivity contribution >= 4 is 0 Å². The molecule has 0 heterocycles. The molecule has 0 aliphatic heterocycles. The molecule has 0 aromatic carbocycles. The molecule has 0 atom stereocenters. The Morgan fingerprint density at radius 2 is 1.67 bits per heavy atom. The molecule has 2 heteroatoms. The average molecular weight is 173 g/mol. The van der Waals surface area contributed by atoms with E-state index < -0.39 is 0 Å². The maximum absolute atomic E-state index is 11.8. The molecule has 1 aliphatic carbocycles. The van der Waals surface area contributed by atoms with Crippen molar-refractivity contribution in [2.75, 3.05) is 19.8 Å². The summed E-state index contributed by atoms with van der Waals surface area (Å²) in [6, 6.07) is 0. The van der Waals surface area contributed by atoms with Gasteiger partial charge in [-0.15, -0.1) is 0 Å². The van der Waals surface area contributed by atoms with Crippen LogP contribution in [0.5, 0.6) is 0 Å². The van der Waals surface area contributed by atoms with Crippen LogP contribution in [0.15, 0.2) is 0 Å². The first-order valence-corrected chi connectivity index (χ1v) is 4.71. The summed E-state index contributed by atoms with van der Waals surface area (Å²) >= 11 is 0. The lowest BCUT2D eigenvalue weighted by Crippen LogP contribution is -2.21. The topological polar surface area (TPSA) is 12.0 Å². The molecule has 0 saturated heterocycles. The van der Waals surface area contributed by atoms with Crippen molar-refractivity contribution in [2.24, 2.45) is 16.7 Å². The number of hydrogen-bond donors (Lipinski definition) is 1. The summed E-state index contributed by atoms with van der Waals surface area (Å²) in [6.45, 7) is 10.4. The predicted molar refractivity (Wildman–Crippen MR) is 49.9 cm³/mol. The van der Waals surface area contributed by atoms with Gasteiger partial charge in [0.2, 0.25) is 0 Å². The van der Waals surface area contributed by atoms with Crippen molar-refractivity contribution in [1.82, 2.24) is 5.32 Å². The Labute approximate surface area is 74.7 Å². The SMILES string of the molecule is CC1(C)C(CNCCF)C1(C)C. The molecule has 12 heavy (non-hydrogen) atoms. The molecule has 1 nitrogen and oxygen atoms in total. The molecule has 0 radical (unpaired) electrons. The number of hydrogen-bond acceptors (Lipinski definition) is 1. The summed E-state index contributed by atoms with van der Waals surface area (Å²) in [5.74, 6) is 0.705. The van der Waals surface area contributed by atoms with Crippen molar-refractivity contribution < 1.29 is 4.39 Å². The minimum atomic E-state index is -0.256. The summed E-state index contributed by atoms with van der Waals surface area (Å²) in [7, 11) is 0. The van der Waals surface area contributed by atoms with E-state index in [1.807, 2.05) is 0 Å². The van der Waals surface area contributed by atoms with Crippen LogP contribution in [0, 0.1) is 16.7 Å². The summed E-state index contributed by atoms with van der Waals surface area (Å²) in [5, 5.41) is 3.13. The van der Waals surface area contributed by atoms with Gasteiger partial charge in [0, 0.05) is 6.54 Å². The van der Waals surface area contributed by atoms with Gasteiger partial charge in [0.1, 0.15) is 6.67 Å². The molecule has 0 bridgehead atoms. The number of rotatable bonds is 4. The maximum atomic E-state index is 11.8. The van der Waals surface area contributed by atoms with Gasteiger partial charge in [-0.3, -0.25) is 0 Å². The first-order chi connectivity index (χ1) is 5.44. The first-order valence-electron chi connectivity index (χ1n) is 4.71. The van der Waals surface area contributed by atoms with Crippen molar-refractivity contribution in [3.63, 3.8) is 0 Å². The van der Waals surface area contributed by atoms with E-state index in [2.05, 4.69) is 33.0 Å². The van der Waals surface area contributed by atoms with Gasteiger partial charge < -0.3 is 5.32 Å². The lowest BCUT2D eigenvalue weighted by atomic mass is 10.0. The minimum Gasteiger partial charge on any atom is -0.314 e. The van der Waals surface area contributed by atoms with Gasteiger partial charge in [-0.2, -0.15) is 0 Å². The highest BCUT2D eigenvalue weighted by Gasteiger charge is 2.63. The second-order valence-electron chi connectivity index (χ2n) is 4.89. The summed E-state index contributed by atoms with van der Waals surface area (Å²) in [4.78, 5) is 0. The molecular formula is C10H20FN. The molecule has 72 valence electrons. The molecular weight excluding hydrogens is 153 g/mol. The monoisotopic (exact) mass is 173 g/mol. The van der Waals surface area contributed by atoms with E-state index in [4.69, 9.17) is 0 Å². The van der Waals surface area contributed by atoms with Crippen LogP contribution in [0.3, 0.4) is 0 Å². The van der Waals surface area contributed by atoms with E-state index >= 15 is 0 Å². The highest BCUT2D eigenvalue weighted by atomic mass is 19.1. The highest BCUT2D eigenvalue weighted by molar-refractivity contribution is 5.12. The van der Waals surface area contributed by atoms with Crippen molar-refractivity contribution in [2.45, 2.75) is 27.7 Å². The molecule has 1 fully saturated rings. The van der Waals surface area contributed by atoms with Crippen LogP contribution >= 0.6 is 0 Å². The van der Waals surface area contributed by atoms with Crippen LogP contribution in [0.25, 0.3) is 0 Å². The molecule has 1 saturated carbocycles. The number of halogens is 1.